The van der Waals surface area contributed by atoms with Gasteiger partial charge in [-0.1, -0.05) is 28.1 Å². The minimum Gasteiger partial charge on any atom is -0.493 e. The van der Waals surface area contributed by atoms with Crippen molar-refractivity contribution in [1.82, 2.24) is 14.8 Å². The lowest BCUT2D eigenvalue weighted by Crippen LogP contribution is -2.20. The number of aromatic nitrogens is 3. The van der Waals surface area contributed by atoms with Gasteiger partial charge in [0.05, 0.1) is 21.3 Å². The molecule has 0 radical (unpaired) electrons. The van der Waals surface area contributed by atoms with Crippen LogP contribution in [0.25, 0.3) is 5.70 Å². The highest BCUT2D eigenvalue weighted by Gasteiger charge is 2.26. The maximum Gasteiger partial charge on any atom is 0.226 e. The molecule has 2 heterocycles. The molecule has 0 fully saturated rings. The summed E-state index contributed by atoms with van der Waals surface area (Å²) in [6.07, 6.45) is 3.63. The first-order valence-corrected chi connectivity index (χ1v) is 9.38. The molecule has 1 aromatic heterocycles. The summed E-state index contributed by atoms with van der Waals surface area (Å²) in [5, 5.41) is 7.73. The van der Waals surface area contributed by atoms with Gasteiger partial charge in [0.25, 0.3) is 0 Å². The van der Waals surface area contributed by atoms with Crippen LogP contribution in [-0.4, -0.2) is 36.1 Å². The molecule has 0 saturated carbocycles. The lowest BCUT2D eigenvalue weighted by molar-refractivity contribution is 0.323. The van der Waals surface area contributed by atoms with Gasteiger partial charge in [0, 0.05) is 10.2 Å². The fraction of sp³-hybridized carbons (Fsp3) is 0.200. The van der Waals surface area contributed by atoms with Gasteiger partial charge in [-0.25, -0.2) is 4.68 Å². The number of nitrogens with one attached hydrogen (secondary N) is 1. The zero-order chi connectivity index (χ0) is 19.7. The summed E-state index contributed by atoms with van der Waals surface area (Å²) in [5.74, 6) is 2.40. The van der Waals surface area contributed by atoms with E-state index in [0.717, 1.165) is 21.3 Å². The first kappa shape index (κ1) is 18.4. The Morgan fingerprint density at radius 1 is 1.04 bits per heavy atom. The summed E-state index contributed by atoms with van der Waals surface area (Å²) in [6.45, 7) is 0. The highest BCUT2D eigenvalue weighted by Crippen LogP contribution is 2.42. The Bertz CT molecular complexity index is 1020. The second-order valence-corrected chi connectivity index (χ2v) is 7.06. The molecule has 144 valence electrons. The molecule has 0 amide bonds. The maximum atomic E-state index is 5.51. The Morgan fingerprint density at radius 3 is 2.43 bits per heavy atom. The summed E-state index contributed by atoms with van der Waals surface area (Å²) in [6, 6.07) is 11.7. The number of hydrogen-bond acceptors (Lipinski definition) is 6. The average molecular weight is 443 g/mol. The number of benzene rings is 2. The van der Waals surface area contributed by atoms with Gasteiger partial charge in [0.15, 0.2) is 11.5 Å². The van der Waals surface area contributed by atoms with Crippen LogP contribution in [0.1, 0.15) is 17.2 Å². The van der Waals surface area contributed by atoms with Gasteiger partial charge < -0.3 is 19.5 Å². The van der Waals surface area contributed by atoms with Gasteiger partial charge in [-0.15, -0.1) is 0 Å². The number of anilines is 1. The van der Waals surface area contributed by atoms with Crippen molar-refractivity contribution in [2.45, 2.75) is 6.04 Å². The molecule has 3 aromatic rings. The largest absolute Gasteiger partial charge is 0.493 e. The van der Waals surface area contributed by atoms with E-state index in [1.54, 1.807) is 21.3 Å². The zero-order valence-electron chi connectivity index (χ0n) is 15.6. The topological polar surface area (TPSA) is 70.4 Å². The smallest absolute Gasteiger partial charge is 0.226 e. The summed E-state index contributed by atoms with van der Waals surface area (Å²) in [7, 11) is 4.80. The molecule has 1 atom stereocenters. The third-order valence-electron chi connectivity index (χ3n) is 4.57. The van der Waals surface area contributed by atoms with E-state index in [1.165, 1.54) is 6.33 Å². The molecule has 1 aliphatic heterocycles. The number of rotatable bonds is 5. The van der Waals surface area contributed by atoms with Crippen LogP contribution in [0.15, 0.2) is 53.3 Å². The van der Waals surface area contributed by atoms with Crippen molar-refractivity contribution in [3.63, 3.8) is 0 Å². The van der Waals surface area contributed by atoms with Crippen molar-refractivity contribution in [3.05, 3.63) is 64.4 Å². The fourth-order valence-corrected chi connectivity index (χ4v) is 3.67. The molecule has 1 N–H and O–H groups in total. The van der Waals surface area contributed by atoms with Crippen LogP contribution < -0.4 is 19.5 Å². The van der Waals surface area contributed by atoms with E-state index in [1.807, 2.05) is 35.0 Å². The van der Waals surface area contributed by atoms with Crippen LogP contribution in [0.2, 0.25) is 0 Å². The number of ether oxygens (including phenoxy) is 3. The van der Waals surface area contributed by atoms with E-state index >= 15 is 0 Å². The maximum absolute atomic E-state index is 5.51. The van der Waals surface area contributed by atoms with Crippen LogP contribution in [-0.2, 0) is 0 Å². The van der Waals surface area contributed by atoms with Gasteiger partial charge in [-0.2, -0.15) is 10.1 Å². The van der Waals surface area contributed by atoms with Crippen molar-refractivity contribution >= 4 is 27.6 Å². The number of allylic oxidation sites excluding steroid dienone is 1. The molecular formula is C20H19BrN4O3. The van der Waals surface area contributed by atoms with Gasteiger partial charge >= 0.3 is 0 Å². The fourth-order valence-electron chi connectivity index (χ4n) is 3.27. The van der Waals surface area contributed by atoms with Gasteiger partial charge in [0.1, 0.15) is 12.4 Å². The Labute approximate surface area is 171 Å². The van der Waals surface area contributed by atoms with E-state index in [2.05, 4.69) is 43.5 Å². The van der Waals surface area contributed by atoms with Gasteiger partial charge in [-0.3, -0.25) is 0 Å². The van der Waals surface area contributed by atoms with E-state index in [4.69, 9.17) is 14.2 Å². The second kappa shape index (κ2) is 7.55. The van der Waals surface area contributed by atoms with Gasteiger partial charge in [-0.05, 0) is 41.5 Å². The molecule has 0 saturated heterocycles. The molecule has 8 heteroatoms. The molecular weight excluding hydrogens is 424 g/mol. The Kier molecular flexibility index (Phi) is 4.95. The van der Waals surface area contributed by atoms with E-state index in [-0.39, 0.29) is 6.04 Å². The first-order chi connectivity index (χ1) is 13.6. The number of methoxy groups -OCH3 is 3. The lowest BCUT2D eigenvalue weighted by Gasteiger charge is -2.25. The minimum absolute atomic E-state index is 0.193. The van der Waals surface area contributed by atoms with Crippen LogP contribution in [0.3, 0.4) is 0 Å². The van der Waals surface area contributed by atoms with Crippen molar-refractivity contribution in [1.29, 1.82) is 0 Å². The van der Waals surface area contributed by atoms with Crippen LogP contribution in [0.5, 0.6) is 17.2 Å². The second-order valence-electron chi connectivity index (χ2n) is 6.15. The minimum atomic E-state index is -0.193. The standard InChI is InChI=1S/C20H19BrN4O3/c1-26-17-8-13(9-18(27-2)19(17)28-3)16-10-15(12-5-4-6-14(21)7-12)24-20-22-11-23-25(16)20/h4-11,16H,1-3H3,(H,22,23,24). The quantitative estimate of drug-likeness (QED) is 0.640. The van der Waals surface area contributed by atoms with Gasteiger partial charge in [0.2, 0.25) is 11.7 Å². The highest BCUT2D eigenvalue weighted by molar-refractivity contribution is 9.10. The molecule has 28 heavy (non-hydrogen) atoms. The Hall–Kier alpha value is -3.00. The van der Waals surface area contributed by atoms with E-state index in [0.29, 0.717) is 23.2 Å². The molecule has 0 aliphatic carbocycles. The number of hydrogen-bond donors (Lipinski definition) is 1. The highest BCUT2D eigenvalue weighted by atomic mass is 79.9. The number of fused-ring (bicyclic) bond motifs is 1. The normalized spacial score (nSPS) is 15.3. The lowest BCUT2D eigenvalue weighted by atomic mass is 10.0. The summed E-state index contributed by atoms with van der Waals surface area (Å²) >= 11 is 3.53. The first-order valence-electron chi connectivity index (χ1n) is 8.58. The Morgan fingerprint density at radius 2 is 1.79 bits per heavy atom. The molecule has 0 spiro atoms. The zero-order valence-corrected chi connectivity index (χ0v) is 17.2. The monoisotopic (exact) mass is 442 g/mol. The molecule has 4 rings (SSSR count). The number of halogens is 1. The summed E-state index contributed by atoms with van der Waals surface area (Å²) in [5.41, 5.74) is 2.93. The van der Waals surface area contributed by atoms with Crippen LogP contribution in [0.4, 0.5) is 5.95 Å². The van der Waals surface area contributed by atoms with Crippen molar-refractivity contribution < 1.29 is 14.2 Å². The Balaban J connectivity index is 1.86. The predicted molar refractivity (Wildman–Crippen MR) is 110 cm³/mol. The molecule has 7 nitrogen and oxygen atoms in total. The summed E-state index contributed by atoms with van der Waals surface area (Å²) in [4.78, 5) is 4.35. The van der Waals surface area contributed by atoms with Crippen LogP contribution >= 0.6 is 15.9 Å². The molecule has 1 unspecified atom stereocenters. The van der Waals surface area contributed by atoms with Crippen molar-refractivity contribution in [3.8, 4) is 17.2 Å². The predicted octanol–water partition coefficient (Wildman–Crippen LogP) is 4.12. The van der Waals surface area contributed by atoms with Crippen LogP contribution in [0, 0.1) is 0 Å². The van der Waals surface area contributed by atoms with Crippen molar-refractivity contribution in [2.24, 2.45) is 0 Å². The van der Waals surface area contributed by atoms with Crippen molar-refractivity contribution in [2.75, 3.05) is 26.6 Å². The average Bonchev–Trinajstić information content (AvgIpc) is 3.20. The summed E-state index contributed by atoms with van der Waals surface area (Å²) < 4.78 is 19.3. The molecule has 0 bridgehead atoms. The van der Waals surface area contributed by atoms with E-state index < -0.39 is 0 Å². The SMILES string of the molecule is COc1cc(C2C=C(c3cccc(Br)c3)Nc3ncnn32)cc(OC)c1OC. The third kappa shape index (κ3) is 3.20. The third-order valence-corrected chi connectivity index (χ3v) is 5.07. The van der Waals surface area contributed by atoms with E-state index in [9.17, 15) is 0 Å². The number of nitrogens with zero attached hydrogens (tertiary/aromatic N) is 3. The molecule has 1 aliphatic rings. The molecule has 2 aromatic carbocycles.